The lowest BCUT2D eigenvalue weighted by Gasteiger charge is -2.16. The minimum absolute atomic E-state index is 0.105. The number of benzene rings is 1. The zero-order chi connectivity index (χ0) is 15.5. The number of nitrogens with one attached hydrogen (secondary N) is 1. The Hall–Kier alpha value is -1.86. The van der Waals surface area contributed by atoms with E-state index in [2.05, 4.69) is 9.97 Å². The molecule has 0 unspecified atom stereocenters. The minimum Gasteiger partial charge on any atom is -0.494 e. The average Bonchev–Trinajstić information content (AvgIpc) is 2.88. The van der Waals surface area contributed by atoms with Gasteiger partial charge >= 0.3 is 0 Å². The number of rotatable bonds is 6. The van der Waals surface area contributed by atoms with E-state index in [4.69, 9.17) is 4.74 Å². The first kappa shape index (κ1) is 15.5. The second-order valence-corrected chi connectivity index (χ2v) is 6.68. The van der Waals surface area contributed by atoms with Crippen LogP contribution in [0.3, 0.4) is 0 Å². The zero-order valence-corrected chi connectivity index (χ0v) is 13.1. The Bertz CT molecular complexity index is 693. The standard InChI is InChI=1S/C14H19N3O3S/c1-4-20-13-7-5-12(6-8-13)10-17(3)21(18,19)14-9-15-11(2)16-14/h5-9H,4,10H2,1-3H3,(H,15,16). The van der Waals surface area contributed by atoms with Gasteiger partial charge in [0.2, 0.25) is 0 Å². The summed E-state index contributed by atoms with van der Waals surface area (Å²) in [4.78, 5) is 6.67. The summed E-state index contributed by atoms with van der Waals surface area (Å²) in [5.41, 5.74) is 0.890. The van der Waals surface area contributed by atoms with Crippen LogP contribution in [-0.2, 0) is 16.6 Å². The monoisotopic (exact) mass is 309 g/mol. The number of ether oxygens (including phenoxy) is 1. The van der Waals surface area contributed by atoms with E-state index in [0.29, 0.717) is 12.4 Å². The topological polar surface area (TPSA) is 75.3 Å². The summed E-state index contributed by atoms with van der Waals surface area (Å²) >= 11 is 0. The van der Waals surface area contributed by atoms with Gasteiger partial charge in [-0.2, -0.15) is 4.31 Å². The lowest BCUT2D eigenvalue weighted by Crippen LogP contribution is -2.26. The van der Waals surface area contributed by atoms with E-state index in [1.165, 1.54) is 10.5 Å². The maximum Gasteiger partial charge on any atom is 0.260 e. The van der Waals surface area contributed by atoms with Gasteiger partial charge in [-0.05, 0) is 31.5 Å². The van der Waals surface area contributed by atoms with Crippen molar-refractivity contribution in [2.75, 3.05) is 13.7 Å². The zero-order valence-electron chi connectivity index (χ0n) is 12.3. The lowest BCUT2D eigenvalue weighted by molar-refractivity contribution is 0.340. The highest BCUT2D eigenvalue weighted by atomic mass is 32.2. The van der Waals surface area contributed by atoms with E-state index in [-0.39, 0.29) is 11.6 Å². The molecule has 0 amide bonds. The van der Waals surface area contributed by atoms with Crippen LogP contribution >= 0.6 is 0 Å². The lowest BCUT2D eigenvalue weighted by atomic mass is 10.2. The van der Waals surface area contributed by atoms with Crippen molar-refractivity contribution >= 4 is 10.0 Å². The number of aromatic nitrogens is 2. The van der Waals surface area contributed by atoms with Gasteiger partial charge in [-0.1, -0.05) is 12.1 Å². The fourth-order valence-corrected chi connectivity index (χ4v) is 3.01. The molecular weight excluding hydrogens is 290 g/mol. The van der Waals surface area contributed by atoms with Crippen LogP contribution in [0, 0.1) is 6.92 Å². The highest BCUT2D eigenvalue weighted by Crippen LogP contribution is 2.17. The van der Waals surface area contributed by atoms with E-state index in [1.807, 2.05) is 31.2 Å². The fraction of sp³-hybridized carbons (Fsp3) is 0.357. The minimum atomic E-state index is -3.55. The van der Waals surface area contributed by atoms with Gasteiger partial charge in [0.25, 0.3) is 10.0 Å². The third-order valence-electron chi connectivity index (χ3n) is 3.01. The van der Waals surface area contributed by atoms with Crippen molar-refractivity contribution in [2.24, 2.45) is 0 Å². The van der Waals surface area contributed by atoms with Crippen LogP contribution in [-0.4, -0.2) is 36.3 Å². The predicted octanol–water partition coefficient (Wildman–Crippen LogP) is 1.94. The molecule has 0 bridgehead atoms. The smallest absolute Gasteiger partial charge is 0.260 e. The molecule has 2 aromatic rings. The number of aryl methyl sites for hydroxylation is 1. The van der Waals surface area contributed by atoms with Crippen molar-refractivity contribution in [1.82, 2.24) is 14.3 Å². The van der Waals surface area contributed by atoms with Gasteiger partial charge in [0.05, 0.1) is 12.8 Å². The van der Waals surface area contributed by atoms with Crippen LogP contribution in [0.25, 0.3) is 0 Å². The van der Waals surface area contributed by atoms with Crippen molar-refractivity contribution in [3.05, 3.63) is 41.9 Å². The van der Waals surface area contributed by atoms with Crippen LogP contribution in [0.15, 0.2) is 35.5 Å². The van der Waals surface area contributed by atoms with Gasteiger partial charge in [0.15, 0.2) is 5.03 Å². The van der Waals surface area contributed by atoms with Crippen molar-refractivity contribution < 1.29 is 13.2 Å². The van der Waals surface area contributed by atoms with Gasteiger partial charge < -0.3 is 9.72 Å². The van der Waals surface area contributed by atoms with Gasteiger partial charge in [-0.25, -0.2) is 13.4 Å². The largest absolute Gasteiger partial charge is 0.494 e. The molecule has 0 fully saturated rings. The van der Waals surface area contributed by atoms with Gasteiger partial charge in [-0.3, -0.25) is 0 Å². The summed E-state index contributed by atoms with van der Waals surface area (Å²) < 4.78 is 31.3. The fourth-order valence-electron chi connectivity index (χ4n) is 1.90. The van der Waals surface area contributed by atoms with Gasteiger partial charge in [-0.15, -0.1) is 0 Å². The Balaban J connectivity index is 2.11. The number of imidazole rings is 1. The third-order valence-corrected chi connectivity index (χ3v) is 4.72. The number of nitrogens with zero attached hydrogens (tertiary/aromatic N) is 2. The van der Waals surface area contributed by atoms with Crippen molar-refractivity contribution in [1.29, 1.82) is 0 Å². The SMILES string of the molecule is CCOc1ccc(CN(C)S(=O)(=O)c2cnc(C)[nH]2)cc1. The molecule has 1 N–H and O–H groups in total. The van der Waals surface area contributed by atoms with Crippen LogP contribution in [0.5, 0.6) is 5.75 Å². The Morgan fingerprint density at radius 1 is 1.29 bits per heavy atom. The number of aromatic amines is 1. The molecule has 0 radical (unpaired) electrons. The highest BCUT2D eigenvalue weighted by molar-refractivity contribution is 7.89. The molecule has 0 saturated heterocycles. The van der Waals surface area contributed by atoms with E-state index in [1.54, 1.807) is 14.0 Å². The summed E-state index contributed by atoms with van der Waals surface area (Å²) in [6.07, 6.45) is 1.33. The molecule has 0 spiro atoms. The Labute approximate surface area is 124 Å². The molecule has 0 aliphatic heterocycles. The number of H-pyrrole nitrogens is 1. The van der Waals surface area contributed by atoms with Crippen molar-refractivity contribution in [3.8, 4) is 5.75 Å². The summed E-state index contributed by atoms with van der Waals surface area (Å²) in [7, 11) is -2.01. The van der Waals surface area contributed by atoms with Crippen LogP contribution in [0.2, 0.25) is 0 Å². The Morgan fingerprint density at radius 2 is 1.95 bits per heavy atom. The molecule has 1 aromatic carbocycles. The summed E-state index contributed by atoms with van der Waals surface area (Å²) in [6.45, 7) is 4.52. The first-order chi connectivity index (χ1) is 9.93. The molecule has 0 atom stereocenters. The highest BCUT2D eigenvalue weighted by Gasteiger charge is 2.22. The number of sulfonamides is 1. The Kier molecular flexibility index (Phi) is 4.64. The number of hydrogen-bond donors (Lipinski definition) is 1. The second-order valence-electron chi connectivity index (χ2n) is 4.67. The molecule has 114 valence electrons. The van der Waals surface area contributed by atoms with Crippen LogP contribution < -0.4 is 4.74 Å². The maximum atomic E-state index is 12.3. The summed E-state index contributed by atoms with van der Waals surface area (Å²) in [5, 5.41) is 0.105. The quantitative estimate of drug-likeness (QED) is 0.885. The molecule has 2 rings (SSSR count). The molecule has 7 heteroatoms. The van der Waals surface area contributed by atoms with E-state index >= 15 is 0 Å². The third kappa shape index (κ3) is 3.62. The predicted molar refractivity (Wildman–Crippen MR) is 79.6 cm³/mol. The van der Waals surface area contributed by atoms with Crippen LogP contribution in [0.4, 0.5) is 0 Å². The molecule has 0 aliphatic carbocycles. The molecule has 6 nitrogen and oxygen atoms in total. The first-order valence-electron chi connectivity index (χ1n) is 6.63. The average molecular weight is 309 g/mol. The van der Waals surface area contributed by atoms with E-state index in [9.17, 15) is 8.42 Å². The van der Waals surface area contributed by atoms with E-state index in [0.717, 1.165) is 11.3 Å². The van der Waals surface area contributed by atoms with E-state index < -0.39 is 10.0 Å². The van der Waals surface area contributed by atoms with Gasteiger partial charge in [0, 0.05) is 13.6 Å². The van der Waals surface area contributed by atoms with Crippen molar-refractivity contribution in [2.45, 2.75) is 25.4 Å². The maximum absolute atomic E-state index is 12.3. The molecule has 0 aliphatic rings. The molecule has 0 saturated carbocycles. The molecule has 21 heavy (non-hydrogen) atoms. The van der Waals surface area contributed by atoms with Gasteiger partial charge in [0.1, 0.15) is 11.6 Å². The second kappa shape index (κ2) is 6.28. The molecule has 1 aromatic heterocycles. The Morgan fingerprint density at radius 3 is 2.48 bits per heavy atom. The summed E-state index contributed by atoms with van der Waals surface area (Å²) in [6, 6.07) is 7.38. The van der Waals surface area contributed by atoms with Crippen molar-refractivity contribution in [3.63, 3.8) is 0 Å². The molecule has 1 heterocycles. The van der Waals surface area contributed by atoms with Crippen LogP contribution in [0.1, 0.15) is 18.3 Å². The molecular formula is C14H19N3O3S. The number of hydrogen-bond acceptors (Lipinski definition) is 4. The first-order valence-corrected chi connectivity index (χ1v) is 8.07. The summed E-state index contributed by atoms with van der Waals surface area (Å²) in [5.74, 6) is 1.35. The normalized spacial score (nSPS) is 11.8.